The molecule has 7 nitrogen and oxygen atoms in total. The number of ether oxygens (including phenoxy) is 1. The van der Waals surface area contributed by atoms with E-state index in [1.165, 1.54) is 0 Å². The molecular formula is C17H35N5O2. The average Bonchev–Trinajstić information content (AvgIpc) is 2.55. The van der Waals surface area contributed by atoms with E-state index in [0.29, 0.717) is 13.1 Å². The van der Waals surface area contributed by atoms with Gasteiger partial charge in [-0.05, 0) is 13.3 Å². The molecule has 1 saturated heterocycles. The summed E-state index contributed by atoms with van der Waals surface area (Å²) in [5.74, 6) is 0.876. The van der Waals surface area contributed by atoms with E-state index in [-0.39, 0.29) is 11.3 Å². The van der Waals surface area contributed by atoms with Crippen molar-refractivity contribution >= 4 is 11.9 Å². The number of morpholine rings is 1. The number of rotatable bonds is 8. The summed E-state index contributed by atoms with van der Waals surface area (Å²) in [5.41, 5.74) is -0.349. The molecule has 7 heteroatoms. The lowest BCUT2D eigenvalue weighted by Crippen LogP contribution is -2.43. The van der Waals surface area contributed by atoms with Gasteiger partial charge in [0.15, 0.2) is 5.96 Å². The molecular weight excluding hydrogens is 306 g/mol. The molecule has 1 amide bonds. The van der Waals surface area contributed by atoms with Gasteiger partial charge in [-0.3, -0.25) is 14.7 Å². The maximum Gasteiger partial charge on any atom is 0.225 e. The second-order valence-electron chi connectivity index (χ2n) is 7.00. The number of carbonyl (C=O) groups excluding carboxylic acids is 1. The van der Waals surface area contributed by atoms with Crippen molar-refractivity contribution in [3.05, 3.63) is 0 Å². The zero-order valence-corrected chi connectivity index (χ0v) is 15.8. The second-order valence-corrected chi connectivity index (χ2v) is 7.00. The molecule has 0 aromatic carbocycles. The summed E-state index contributed by atoms with van der Waals surface area (Å²) in [6.07, 6.45) is 1.04. The largest absolute Gasteiger partial charge is 0.379 e. The highest BCUT2D eigenvalue weighted by Crippen LogP contribution is 2.11. The molecule has 0 radical (unpaired) electrons. The summed E-state index contributed by atoms with van der Waals surface area (Å²) < 4.78 is 5.35. The van der Waals surface area contributed by atoms with Gasteiger partial charge in [-0.15, -0.1) is 0 Å². The monoisotopic (exact) mass is 341 g/mol. The third-order valence-electron chi connectivity index (χ3n) is 3.73. The van der Waals surface area contributed by atoms with E-state index in [2.05, 4.69) is 25.8 Å². The van der Waals surface area contributed by atoms with Gasteiger partial charge in [0, 0.05) is 51.2 Å². The number of carbonyl (C=O) groups is 1. The van der Waals surface area contributed by atoms with E-state index in [1.54, 1.807) is 0 Å². The van der Waals surface area contributed by atoms with Crippen LogP contribution >= 0.6 is 0 Å². The standard InChI is InChI=1S/C17H35N5O2/c1-5-18-16(21-9-8-19-15(23)17(2,3)4)20-7-6-10-22-11-13-24-14-12-22/h5-14H2,1-4H3,(H,19,23)(H2,18,20,21). The molecule has 1 aliphatic heterocycles. The first kappa shape index (κ1) is 20.7. The highest BCUT2D eigenvalue weighted by atomic mass is 16.5. The molecule has 0 saturated carbocycles. The smallest absolute Gasteiger partial charge is 0.225 e. The highest BCUT2D eigenvalue weighted by Gasteiger charge is 2.20. The van der Waals surface area contributed by atoms with Gasteiger partial charge in [0.2, 0.25) is 5.91 Å². The van der Waals surface area contributed by atoms with Crippen molar-refractivity contribution in [2.45, 2.75) is 34.1 Å². The molecule has 0 aromatic heterocycles. The Kier molecular flexibility index (Phi) is 9.71. The number of hydrogen-bond acceptors (Lipinski definition) is 4. The minimum atomic E-state index is -0.349. The van der Waals surface area contributed by atoms with Crippen LogP contribution in [0.3, 0.4) is 0 Å². The van der Waals surface area contributed by atoms with Crippen molar-refractivity contribution in [1.29, 1.82) is 0 Å². The molecule has 1 heterocycles. The van der Waals surface area contributed by atoms with Gasteiger partial charge in [-0.25, -0.2) is 0 Å². The minimum absolute atomic E-state index is 0.0664. The second kappa shape index (κ2) is 11.3. The fourth-order valence-electron chi connectivity index (χ4n) is 2.27. The van der Waals surface area contributed by atoms with Crippen molar-refractivity contribution in [1.82, 2.24) is 20.9 Å². The summed E-state index contributed by atoms with van der Waals surface area (Å²) in [6.45, 7) is 15.4. The Balaban J connectivity index is 2.20. The fourth-order valence-corrected chi connectivity index (χ4v) is 2.27. The van der Waals surface area contributed by atoms with E-state index >= 15 is 0 Å². The number of nitrogens with zero attached hydrogens (tertiary/aromatic N) is 2. The maximum absolute atomic E-state index is 11.8. The van der Waals surface area contributed by atoms with Gasteiger partial charge in [0.1, 0.15) is 0 Å². The third-order valence-corrected chi connectivity index (χ3v) is 3.73. The molecule has 0 spiro atoms. The lowest BCUT2D eigenvalue weighted by atomic mass is 9.96. The average molecular weight is 342 g/mol. The summed E-state index contributed by atoms with van der Waals surface area (Å²) in [7, 11) is 0. The van der Waals surface area contributed by atoms with E-state index in [0.717, 1.165) is 58.3 Å². The number of aliphatic imine (C=N–C) groups is 1. The van der Waals surface area contributed by atoms with Crippen molar-refractivity contribution < 1.29 is 9.53 Å². The SMILES string of the molecule is CCNC(=NCCCN1CCOCC1)NCCNC(=O)C(C)(C)C. The van der Waals surface area contributed by atoms with Crippen LogP contribution in [0.2, 0.25) is 0 Å². The zero-order valence-electron chi connectivity index (χ0n) is 15.8. The van der Waals surface area contributed by atoms with Gasteiger partial charge in [0.05, 0.1) is 13.2 Å². The van der Waals surface area contributed by atoms with Crippen LogP contribution in [0.15, 0.2) is 4.99 Å². The Hall–Kier alpha value is -1.34. The molecule has 1 aliphatic rings. The quantitative estimate of drug-likeness (QED) is 0.339. The first-order valence-corrected chi connectivity index (χ1v) is 9.04. The number of hydrogen-bond donors (Lipinski definition) is 3. The number of guanidine groups is 1. The van der Waals surface area contributed by atoms with E-state index < -0.39 is 0 Å². The molecule has 3 N–H and O–H groups in total. The Morgan fingerprint density at radius 3 is 2.42 bits per heavy atom. The molecule has 0 aliphatic carbocycles. The Morgan fingerprint density at radius 2 is 1.79 bits per heavy atom. The summed E-state index contributed by atoms with van der Waals surface area (Å²) in [6, 6.07) is 0. The van der Waals surface area contributed by atoms with E-state index in [1.807, 2.05) is 27.7 Å². The number of amides is 1. The third kappa shape index (κ3) is 9.08. The maximum atomic E-state index is 11.8. The van der Waals surface area contributed by atoms with Crippen LogP contribution in [0.25, 0.3) is 0 Å². The van der Waals surface area contributed by atoms with E-state index in [4.69, 9.17) is 4.74 Å². The predicted octanol–water partition coefficient (Wildman–Crippen LogP) is 0.426. The zero-order chi connectivity index (χ0) is 17.8. The highest BCUT2D eigenvalue weighted by molar-refractivity contribution is 5.81. The Labute approximate surface area is 146 Å². The normalized spacial score (nSPS) is 16.8. The van der Waals surface area contributed by atoms with Gasteiger partial charge < -0.3 is 20.7 Å². The molecule has 0 unspecified atom stereocenters. The fraction of sp³-hybridized carbons (Fsp3) is 0.882. The van der Waals surface area contributed by atoms with Crippen LogP contribution in [0, 0.1) is 5.41 Å². The Morgan fingerprint density at radius 1 is 1.12 bits per heavy atom. The van der Waals surface area contributed by atoms with Crippen LogP contribution in [0.5, 0.6) is 0 Å². The molecule has 0 atom stereocenters. The first-order chi connectivity index (χ1) is 11.4. The van der Waals surface area contributed by atoms with Crippen LogP contribution in [0.4, 0.5) is 0 Å². The van der Waals surface area contributed by atoms with Crippen molar-refractivity contribution in [3.8, 4) is 0 Å². The number of nitrogens with one attached hydrogen (secondary N) is 3. The molecule has 1 rings (SSSR count). The molecule has 1 fully saturated rings. The molecule has 140 valence electrons. The van der Waals surface area contributed by atoms with Crippen molar-refractivity contribution in [2.24, 2.45) is 10.4 Å². The Bertz CT molecular complexity index is 387. The molecule has 0 aromatic rings. The summed E-state index contributed by atoms with van der Waals surface area (Å²) >= 11 is 0. The summed E-state index contributed by atoms with van der Waals surface area (Å²) in [4.78, 5) is 18.8. The topological polar surface area (TPSA) is 78.0 Å². The van der Waals surface area contributed by atoms with Gasteiger partial charge >= 0.3 is 0 Å². The molecule has 24 heavy (non-hydrogen) atoms. The van der Waals surface area contributed by atoms with Crippen LogP contribution in [-0.2, 0) is 9.53 Å². The summed E-state index contributed by atoms with van der Waals surface area (Å²) in [5, 5.41) is 9.42. The predicted molar refractivity (Wildman–Crippen MR) is 98.3 cm³/mol. The van der Waals surface area contributed by atoms with Gasteiger partial charge in [0.25, 0.3) is 0 Å². The molecule has 0 bridgehead atoms. The van der Waals surface area contributed by atoms with Crippen molar-refractivity contribution in [2.75, 3.05) is 59.0 Å². The van der Waals surface area contributed by atoms with Crippen LogP contribution in [0.1, 0.15) is 34.1 Å². The van der Waals surface area contributed by atoms with Crippen LogP contribution in [-0.4, -0.2) is 75.8 Å². The lowest BCUT2D eigenvalue weighted by Gasteiger charge is -2.26. The van der Waals surface area contributed by atoms with E-state index in [9.17, 15) is 4.79 Å². The van der Waals surface area contributed by atoms with Gasteiger partial charge in [-0.2, -0.15) is 0 Å². The lowest BCUT2D eigenvalue weighted by molar-refractivity contribution is -0.128. The minimum Gasteiger partial charge on any atom is -0.379 e. The van der Waals surface area contributed by atoms with Crippen LogP contribution < -0.4 is 16.0 Å². The first-order valence-electron chi connectivity index (χ1n) is 9.04. The van der Waals surface area contributed by atoms with Crippen molar-refractivity contribution in [3.63, 3.8) is 0 Å². The van der Waals surface area contributed by atoms with Gasteiger partial charge in [-0.1, -0.05) is 20.8 Å².